The van der Waals surface area contributed by atoms with Gasteiger partial charge < -0.3 is 10.1 Å². The third kappa shape index (κ3) is 6.67. The quantitative estimate of drug-likeness (QED) is 0.428. The van der Waals surface area contributed by atoms with Crippen LogP contribution in [0.15, 0.2) is 36.4 Å². The van der Waals surface area contributed by atoms with Gasteiger partial charge in [0.25, 0.3) is 0 Å². The van der Waals surface area contributed by atoms with E-state index in [2.05, 4.69) is 54.6 Å². The molecule has 1 N–H and O–H groups in total. The van der Waals surface area contributed by atoms with E-state index < -0.39 is 0 Å². The SMILES string of the molecule is CC.Cc1ccc(-n2nc(C(=O)NC3CCCC3)[c-]c2-c2cc[c-]cc2C)c(C)c1.[V].[Y]. The molecule has 0 aliphatic heterocycles. The number of aromatic nitrogens is 2. The van der Waals surface area contributed by atoms with E-state index in [0.29, 0.717) is 5.69 Å². The molecule has 6 heteroatoms. The van der Waals surface area contributed by atoms with Crippen molar-refractivity contribution >= 4 is 5.91 Å². The van der Waals surface area contributed by atoms with Gasteiger partial charge in [-0.05, 0) is 38.3 Å². The van der Waals surface area contributed by atoms with E-state index in [1.807, 2.05) is 43.7 Å². The standard InChI is InChI=1S/C24H25N3O.C2H6.V.Y/c1-16-12-13-22(18(3)14-16)27-23(20-11-7-4-8-17(20)2)15-21(26-27)24(28)25-19-9-5-6-10-19;1-2;;/h7-8,11-14,19H,5-6,9-10H2,1-3H3,(H,25,28);1-2H3;;/q-2;;;. The second-order valence-electron chi connectivity index (χ2n) is 7.72. The maximum absolute atomic E-state index is 12.8. The van der Waals surface area contributed by atoms with Gasteiger partial charge in [-0.3, -0.25) is 4.68 Å². The largest absolute Gasteiger partial charge is 0.400 e. The molecule has 1 fully saturated rings. The van der Waals surface area contributed by atoms with E-state index in [1.54, 1.807) is 0 Å². The third-order valence-electron chi connectivity index (χ3n) is 5.46. The van der Waals surface area contributed by atoms with Crippen LogP contribution in [-0.2, 0) is 51.3 Å². The molecule has 0 unspecified atom stereocenters. The Balaban J connectivity index is 0.00000125. The van der Waals surface area contributed by atoms with Gasteiger partial charge in [0.15, 0.2) is 5.91 Å². The number of hydrogen-bond acceptors (Lipinski definition) is 2. The summed E-state index contributed by atoms with van der Waals surface area (Å²) in [5, 5.41) is 7.79. The monoisotopic (exact) mass is 541 g/mol. The molecule has 0 saturated heterocycles. The minimum atomic E-state index is -0.142. The van der Waals surface area contributed by atoms with Gasteiger partial charge >= 0.3 is 0 Å². The summed E-state index contributed by atoms with van der Waals surface area (Å²) in [5.41, 5.74) is 6.50. The van der Waals surface area contributed by atoms with Gasteiger partial charge in [0, 0.05) is 63.0 Å². The normalized spacial score (nSPS) is 12.8. The van der Waals surface area contributed by atoms with E-state index in [0.717, 1.165) is 40.9 Å². The summed E-state index contributed by atoms with van der Waals surface area (Å²) < 4.78 is 1.85. The van der Waals surface area contributed by atoms with Gasteiger partial charge in [0.1, 0.15) is 0 Å². The maximum atomic E-state index is 12.8. The van der Waals surface area contributed by atoms with Crippen LogP contribution >= 0.6 is 0 Å². The molecule has 1 amide bonds. The number of carbonyl (C=O) groups excluding carboxylic acids is 1. The van der Waals surface area contributed by atoms with Crippen molar-refractivity contribution in [3.05, 3.63) is 70.9 Å². The van der Waals surface area contributed by atoms with Crippen LogP contribution < -0.4 is 5.32 Å². The van der Waals surface area contributed by atoms with Crippen molar-refractivity contribution in [2.45, 2.75) is 66.3 Å². The predicted octanol–water partition coefficient (Wildman–Crippen LogP) is 5.76. The van der Waals surface area contributed by atoms with E-state index >= 15 is 0 Å². The van der Waals surface area contributed by atoms with E-state index in [9.17, 15) is 4.79 Å². The van der Waals surface area contributed by atoms with Gasteiger partial charge in [-0.25, -0.2) is 17.2 Å². The molecule has 4 nitrogen and oxygen atoms in total. The Morgan fingerprint density at radius 1 is 1.09 bits per heavy atom. The number of amides is 1. The van der Waals surface area contributed by atoms with Crippen LogP contribution in [0.3, 0.4) is 0 Å². The van der Waals surface area contributed by atoms with Gasteiger partial charge in [-0.1, -0.05) is 57.0 Å². The van der Waals surface area contributed by atoms with Crippen molar-refractivity contribution in [3.8, 4) is 16.9 Å². The van der Waals surface area contributed by atoms with E-state index in [1.165, 1.54) is 18.4 Å². The number of carbonyl (C=O) groups is 1. The minimum absolute atomic E-state index is 0. The number of nitrogens with zero attached hydrogens (tertiary/aromatic N) is 2. The van der Waals surface area contributed by atoms with Crippen LogP contribution in [0.25, 0.3) is 16.9 Å². The summed E-state index contributed by atoms with van der Waals surface area (Å²) in [4.78, 5) is 12.8. The second-order valence-corrected chi connectivity index (χ2v) is 7.72. The Kier molecular flexibility index (Phi) is 12.2. The number of hydrogen-bond donors (Lipinski definition) is 1. The zero-order valence-corrected chi connectivity index (χ0v) is 23.9. The summed E-state index contributed by atoms with van der Waals surface area (Å²) in [6, 6.07) is 18.7. The topological polar surface area (TPSA) is 46.9 Å². The number of rotatable bonds is 4. The first-order valence-corrected chi connectivity index (χ1v) is 10.9. The summed E-state index contributed by atoms with van der Waals surface area (Å²) >= 11 is 0. The van der Waals surface area contributed by atoms with Crippen molar-refractivity contribution in [2.24, 2.45) is 0 Å². The molecule has 0 atom stereocenters. The maximum Gasteiger partial charge on any atom is 0.167 e. The van der Waals surface area contributed by atoms with Crippen LogP contribution in [0.4, 0.5) is 0 Å². The minimum Gasteiger partial charge on any atom is -0.400 e. The summed E-state index contributed by atoms with van der Waals surface area (Å²) in [5.74, 6) is -0.142. The van der Waals surface area contributed by atoms with Crippen LogP contribution in [0.5, 0.6) is 0 Å². The first-order valence-electron chi connectivity index (χ1n) is 10.9. The molecule has 166 valence electrons. The predicted molar refractivity (Wildman–Crippen MR) is 122 cm³/mol. The fourth-order valence-corrected chi connectivity index (χ4v) is 3.94. The summed E-state index contributed by atoms with van der Waals surface area (Å²) in [6.45, 7) is 10.2. The molecule has 1 heterocycles. The molecule has 2 aromatic carbocycles. The van der Waals surface area contributed by atoms with Crippen molar-refractivity contribution in [1.29, 1.82) is 0 Å². The molecule has 1 aliphatic carbocycles. The zero-order chi connectivity index (χ0) is 21.7. The third-order valence-corrected chi connectivity index (χ3v) is 5.46. The van der Waals surface area contributed by atoms with Crippen LogP contribution in [0, 0.1) is 32.9 Å². The van der Waals surface area contributed by atoms with Crippen molar-refractivity contribution in [2.75, 3.05) is 0 Å². The first kappa shape index (κ1) is 28.8. The molecule has 0 bridgehead atoms. The average Bonchev–Trinajstić information content (AvgIpc) is 3.40. The van der Waals surface area contributed by atoms with Gasteiger partial charge in [0.2, 0.25) is 0 Å². The molecule has 4 rings (SSSR count). The second kappa shape index (κ2) is 13.5. The van der Waals surface area contributed by atoms with E-state index in [-0.39, 0.29) is 63.2 Å². The molecule has 1 aromatic heterocycles. The van der Waals surface area contributed by atoms with Crippen molar-refractivity contribution in [3.63, 3.8) is 0 Å². The van der Waals surface area contributed by atoms with Crippen molar-refractivity contribution < 1.29 is 56.1 Å². The molecular weight excluding hydrogens is 510 g/mol. The van der Waals surface area contributed by atoms with Crippen LogP contribution in [0.1, 0.15) is 66.7 Å². The molecule has 1 aliphatic rings. The van der Waals surface area contributed by atoms with Crippen LogP contribution in [-0.4, -0.2) is 21.7 Å². The summed E-state index contributed by atoms with van der Waals surface area (Å²) in [6.07, 6.45) is 4.45. The fourth-order valence-electron chi connectivity index (χ4n) is 3.94. The molecule has 3 aromatic rings. The van der Waals surface area contributed by atoms with Gasteiger partial charge in [0.05, 0.1) is 5.69 Å². The molecule has 32 heavy (non-hydrogen) atoms. The van der Waals surface area contributed by atoms with Gasteiger partial charge in [-0.2, -0.15) is 23.3 Å². The molecule has 1 saturated carbocycles. The Morgan fingerprint density at radius 2 is 1.78 bits per heavy atom. The Bertz CT molecular complexity index is 1030. The number of aryl methyl sites for hydroxylation is 3. The molecule has 0 spiro atoms. The smallest absolute Gasteiger partial charge is 0.167 e. The first-order chi connectivity index (χ1) is 14.5. The Morgan fingerprint density at radius 3 is 2.41 bits per heavy atom. The Hall–Kier alpha value is -1.19. The number of benzene rings is 2. The van der Waals surface area contributed by atoms with E-state index in [4.69, 9.17) is 0 Å². The Labute approximate surface area is 229 Å². The molecule has 2 radical (unpaired) electrons. The summed E-state index contributed by atoms with van der Waals surface area (Å²) in [7, 11) is 0. The molecular formula is C26H31N3OVY-2. The van der Waals surface area contributed by atoms with Gasteiger partial charge in [-0.15, -0.1) is 6.07 Å². The zero-order valence-electron chi connectivity index (χ0n) is 19.7. The van der Waals surface area contributed by atoms with Crippen LogP contribution in [0.2, 0.25) is 0 Å². The number of nitrogens with one attached hydrogen (secondary N) is 1. The average molecular weight is 541 g/mol. The van der Waals surface area contributed by atoms with Crippen molar-refractivity contribution in [1.82, 2.24) is 15.1 Å². The fraction of sp³-hybridized carbons (Fsp3) is 0.385.